The average Bonchev–Trinajstić information content (AvgIpc) is 3.04. The van der Waals surface area contributed by atoms with Crippen LogP contribution in [0.5, 0.6) is 11.5 Å². The SMILES string of the molecule is Nc1nc(Cl)cc(Nc2ccc(Oc3ccc4[nH]ncc4c3)c(F)c2)n1. The molecular weight excluding hydrogens is 359 g/mol. The van der Waals surface area contributed by atoms with Crippen LogP contribution >= 0.6 is 11.6 Å². The van der Waals surface area contributed by atoms with E-state index in [1.807, 2.05) is 6.07 Å². The average molecular weight is 371 g/mol. The predicted octanol–water partition coefficient (Wildman–Crippen LogP) is 4.26. The van der Waals surface area contributed by atoms with Crippen LogP contribution in [0.3, 0.4) is 0 Å². The number of hydrogen-bond donors (Lipinski definition) is 3. The highest BCUT2D eigenvalue weighted by molar-refractivity contribution is 6.29. The minimum absolute atomic E-state index is 0.0232. The van der Waals surface area contributed by atoms with Gasteiger partial charge >= 0.3 is 0 Å². The van der Waals surface area contributed by atoms with Gasteiger partial charge in [0.2, 0.25) is 5.95 Å². The monoisotopic (exact) mass is 370 g/mol. The van der Waals surface area contributed by atoms with E-state index in [0.29, 0.717) is 17.3 Å². The van der Waals surface area contributed by atoms with Crippen molar-refractivity contribution >= 4 is 40.0 Å². The van der Waals surface area contributed by atoms with Crippen molar-refractivity contribution in [1.29, 1.82) is 0 Å². The Balaban J connectivity index is 1.55. The maximum atomic E-state index is 14.4. The molecule has 130 valence electrons. The summed E-state index contributed by atoms with van der Waals surface area (Å²) in [5.41, 5.74) is 6.88. The molecule has 0 radical (unpaired) electrons. The van der Waals surface area contributed by atoms with Crippen molar-refractivity contribution in [3.63, 3.8) is 0 Å². The number of hydrogen-bond acceptors (Lipinski definition) is 6. The Morgan fingerprint density at radius 2 is 2.00 bits per heavy atom. The van der Waals surface area contributed by atoms with Crippen LogP contribution in [0.25, 0.3) is 10.9 Å². The zero-order chi connectivity index (χ0) is 18.1. The number of ether oxygens (including phenoxy) is 1. The number of aromatic nitrogens is 4. The van der Waals surface area contributed by atoms with Gasteiger partial charge in [-0.15, -0.1) is 0 Å². The van der Waals surface area contributed by atoms with E-state index < -0.39 is 5.82 Å². The third kappa shape index (κ3) is 3.35. The van der Waals surface area contributed by atoms with Gasteiger partial charge in [0.15, 0.2) is 11.6 Å². The molecule has 4 N–H and O–H groups in total. The number of anilines is 3. The number of H-pyrrole nitrogens is 1. The third-order valence-electron chi connectivity index (χ3n) is 3.56. The summed E-state index contributed by atoms with van der Waals surface area (Å²) >= 11 is 5.82. The first-order valence-electron chi connectivity index (χ1n) is 7.54. The zero-order valence-electron chi connectivity index (χ0n) is 13.2. The van der Waals surface area contributed by atoms with Crippen molar-refractivity contribution in [3.05, 3.63) is 59.6 Å². The van der Waals surface area contributed by atoms with Gasteiger partial charge in [0, 0.05) is 23.2 Å². The number of nitrogens with one attached hydrogen (secondary N) is 2. The highest BCUT2D eigenvalue weighted by Gasteiger charge is 2.09. The van der Waals surface area contributed by atoms with Crippen molar-refractivity contribution in [2.75, 3.05) is 11.1 Å². The summed E-state index contributed by atoms with van der Waals surface area (Å²) in [6.07, 6.45) is 1.67. The fourth-order valence-corrected chi connectivity index (χ4v) is 2.61. The van der Waals surface area contributed by atoms with Crippen LogP contribution in [0, 0.1) is 5.82 Å². The van der Waals surface area contributed by atoms with Gasteiger partial charge in [-0.05, 0) is 30.3 Å². The molecular formula is C17H12ClFN6O. The molecule has 0 aliphatic carbocycles. The molecule has 0 aliphatic heterocycles. The maximum absolute atomic E-state index is 14.4. The fourth-order valence-electron chi connectivity index (χ4n) is 2.42. The van der Waals surface area contributed by atoms with E-state index >= 15 is 0 Å². The second kappa shape index (κ2) is 6.49. The lowest BCUT2D eigenvalue weighted by molar-refractivity contribution is 0.443. The Kier molecular flexibility index (Phi) is 4.02. The topological polar surface area (TPSA) is 102 Å². The van der Waals surface area contributed by atoms with E-state index in [1.165, 1.54) is 18.2 Å². The molecule has 4 aromatic rings. The highest BCUT2D eigenvalue weighted by Crippen LogP contribution is 2.29. The summed E-state index contributed by atoms with van der Waals surface area (Å²) in [6.45, 7) is 0. The molecule has 0 fully saturated rings. The van der Waals surface area contributed by atoms with Gasteiger partial charge in [-0.25, -0.2) is 9.37 Å². The van der Waals surface area contributed by atoms with Crippen LogP contribution in [0.2, 0.25) is 5.15 Å². The molecule has 0 atom stereocenters. The number of halogens is 2. The molecule has 7 nitrogen and oxygen atoms in total. The molecule has 9 heteroatoms. The Morgan fingerprint density at radius 1 is 1.12 bits per heavy atom. The Labute approximate surface area is 152 Å². The van der Waals surface area contributed by atoms with Gasteiger partial charge in [0.1, 0.15) is 16.7 Å². The van der Waals surface area contributed by atoms with Crippen molar-refractivity contribution < 1.29 is 9.13 Å². The fraction of sp³-hybridized carbons (Fsp3) is 0. The molecule has 26 heavy (non-hydrogen) atoms. The van der Waals surface area contributed by atoms with Crippen molar-refractivity contribution in [3.8, 4) is 11.5 Å². The second-order valence-electron chi connectivity index (χ2n) is 5.43. The largest absolute Gasteiger partial charge is 0.454 e. The van der Waals surface area contributed by atoms with Gasteiger partial charge in [-0.1, -0.05) is 11.6 Å². The summed E-state index contributed by atoms with van der Waals surface area (Å²) in [7, 11) is 0. The number of aromatic amines is 1. The van der Waals surface area contributed by atoms with E-state index in [-0.39, 0.29) is 16.9 Å². The first kappa shape index (κ1) is 16.1. The smallest absolute Gasteiger partial charge is 0.223 e. The van der Waals surface area contributed by atoms with Crippen molar-refractivity contribution in [1.82, 2.24) is 20.2 Å². The number of rotatable bonds is 4. The number of fused-ring (bicyclic) bond motifs is 1. The number of nitrogen functional groups attached to an aromatic ring is 1. The molecule has 0 unspecified atom stereocenters. The van der Waals surface area contributed by atoms with Gasteiger partial charge in [-0.2, -0.15) is 10.1 Å². The highest BCUT2D eigenvalue weighted by atomic mass is 35.5. The summed E-state index contributed by atoms with van der Waals surface area (Å²) in [6, 6.07) is 11.3. The van der Waals surface area contributed by atoms with Crippen molar-refractivity contribution in [2.24, 2.45) is 0 Å². The quantitative estimate of drug-likeness (QED) is 0.464. The molecule has 2 aromatic heterocycles. The zero-order valence-corrected chi connectivity index (χ0v) is 14.0. The molecule has 0 saturated heterocycles. The number of nitrogens with zero attached hydrogens (tertiary/aromatic N) is 3. The lowest BCUT2D eigenvalue weighted by Crippen LogP contribution is -2.00. The predicted molar refractivity (Wildman–Crippen MR) is 97.3 cm³/mol. The third-order valence-corrected chi connectivity index (χ3v) is 3.75. The Morgan fingerprint density at radius 3 is 2.81 bits per heavy atom. The summed E-state index contributed by atoms with van der Waals surface area (Å²) in [5, 5.41) is 10.8. The molecule has 2 aromatic carbocycles. The van der Waals surface area contributed by atoms with Gasteiger partial charge < -0.3 is 15.8 Å². The van der Waals surface area contributed by atoms with E-state index in [0.717, 1.165) is 10.9 Å². The van der Waals surface area contributed by atoms with Gasteiger partial charge in [-0.3, -0.25) is 5.10 Å². The van der Waals surface area contributed by atoms with Crippen LogP contribution < -0.4 is 15.8 Å². The van der Waals surface area contributed by atoms with E-state index in [9.17, 15) is 4.39 Å². The molecule has 2 heterocycles. The van der Waals surface area contributed by atoms with E-state index in [1.54, 1.807) is 24.4 Å². The standard InChI is InChI=1S/C17H12ClFN6O/c18-15-7-16(24-17(20)23-15)22-10-1-4-14(12(19)6-10)26-11-2-3-13-9(5-11)8-21-25-13/h1-8H,(H,21,25)(H3,20,22,23,24). The molecule has 0 amide bonds. The molecule has 0 saturated carbocycles. The van der Waals surface area contributed by atoms with Gasteiger partial charge in [0.05, 0.1) is 11.7 Å². The Hall–Kier alpha value is -3.39. The summed E-state index contributed by atoms with van der Waals surface area (Å²) in [5.74, 6) is 0.457. The number of nitrogens with two attached hydrogens (primary N) is 1. The van der Waals surface area contributed by atoms with E-state index in [2.05, 4.69) is 25.5 Å². The maximum Gasteiger partial charge on any atom is 0.223 e. The van der Waals surface area contributed by atoms with Crippen LogP contribution in [0.1, 0.15) is 0 Å². The minimum Gasteiger partial charge on any atom is -0.454 e. The first-order chi connectivity index (χ1) is 12.6. The van der Waals surface area contributed by atoms with Gasteiger partial charge in [0.25, 0.3) is 0 Å². The lowest BCUT2D eigenvalue weighted by Gasteiger charge is -2.10. The van der Waals surface area contributed by atoms with Crippen LogP contribution in [0.4, 0.5) is 21.8 Å². The van der Waals surface area contributed by atoms with Crippen LogP contribution in [-0.4, -0.2) is 20.2 Å². The van der Waals surface area contributed by atoms with Crippen LogP contribution in [-0.2, 0) is 0 Å². The second-order valence-corrected chi connectivity index (χ2v) is 5.81. The molecule has 0 spiro atoms. The summed E-state index contributed by atoms with van der Waals surface area (Å²) < 4.78 is 20.0. The summed E-state index contributed by atoms with van der Waals surface area (Å²) in [4.78, 5) is 7.74. The van der Waals surface area contributed by atoms with Crippen LogP contribution in [0.15, 0.2) is 48.7 Å². The van der Waals surface area contributed by atoms with E-state index in [4.69, 9.17) is 22.1 Å². The minimum atomic E-state index is -0.532. The Bertz CT molecular complexity index is 1080. The van der Waals surface area contributed by atoms with Crippen molar-refractivity contribution in [2.45, 2.75) is 0 Å². The molecule has 0 aliphatic rings. The number of benzene rings is 2. The molecule has 0 bridgehead atoms. The molecule has 4 rings (SSSR count). The first-order valence-corrected chi connectivity index (χ1v) is 7.92. The normalized spacial score (nSPS) is 10.8. The lowest BCUT2D eigenvalue weighted by atomic mass is 10.2.